The maximum atomic E-state index is 13.2. The van der Waals surface area contributed by atoms with Gasteiger partial charge in [-0.3, -0.25) is 14.9 Å². The van der Waals surface area contributed by atoms with Crippen molar-refractivity contribution in [2.45, 2.75) is 38.4 Å². The Morgan fingerprint density at radius 2 is 1.79 bits per heavy atom. The minimum atomic E-state index is -4.45. The van der Waals surface area contributed by atoms with Gasteiger partial charge in [0, 0.05) is 42.7 Å². The Bertz CT molecular complexity index is 1270. The van der Waals surface area contributed by atoms with Gasteiger partial charge in [-0.25, -0.2) is 4.98 Å². The molecule has 0 radical (unpaired) electrons. The monoisotopic (exact) mass is 544 g/mol. The fraction of sp³-hybridized carbons (Fsp3) is 0.333. The molecule has 3 aromatic rings. The lowest BCUT2D eigenvalue weighted by atomic mass is 9.94. The average Bonchev–Trinajstić information content (AvgIpc) is 3.34. The van der Waals surface area contributed by atoms with E-state index in [-0.39, 0.29) is 30.5 Å². The third kappa shape index (κ3) is 7.18. The van der Waals surface area contributed by atoms with E-state index in [9.17, 15) is 27.6 Å². The number of para-hydroxylation sites is 1. The summed E-state index contributed by atoms with van der Waals surface area (Å²) < 4.78 is 39.5. The summed E-state index contributed by atoms with van der Waals surface area (Å²) in [6.45, 7) is 1.42. The summed E-state index contributed by atoms with van der Waals surface area (Å²) in [6.07, 6.45) is -1.21. The quantitative estimate of drug-likeness (QED) is 0.352. The number of aldehydes is 1. The van der Waals surface area contributed by atoms with Gasteiger partial charge in [-0.2, -0.15) is 13.2 Å². The summed E-state index contributed by atoms with van der Waals surface area (Å²) in [4.78, 5) is 42.1. The van der Waals surface area contributed by atoms with Gasteiger partial charge >= 0.3 is 6.18 Å². The highest BCUT2D eigenvalue weighted by atomic mass is 32.1. The molecule has 4 rings (SSSR count). The second-order valence-corrected chi connectivity index (χ2v) is 9.95. The number of aromatic nitrogens is 1. The van der Waals surface area contributed by atoms with Crippen molar-refractivity contribution >= 4 is 40.3 Å². The lowest BCUT2D eigenvalue weighted by Gasteiger charge is -2.31. The molecule has 1 fully saturated rings. The highest BCUT2D eigenvalue weighted by Crippen LogP contribution is 2.34. The molecule has 0 atom stereocenters. The highest BCUT2D eigenvalue weighted by molar-refractivity contribution is 7.14. The lowest BCUT2D eigenvalue weighted by molar-refractivity contribution is -0.137. The van der Waals surface area contributed by atoms with Crippen LogP contribution in [0.5, 0.6) is 0 Å². The van der Waals surface area contributed by atoms with Crippen molar-refractivity contribution in [1.82, 2.24) is 9.88 Å². The number of hydrogen-bond donors (Lipinski definition) is 2. The number of rotatable bonds is 9. The van der Waals surface area contributed by atoms with Crippen LogP contribution in [0.1, 0.15) is 46.4 Å². The van der Waals surface area contributed by atoms with Crippen LogP contribution in [-0.4, -0.2) is 41.1 Å². The van der Waals surface area contributed by atoms with Crippen molar-refractivity contribution in [3.05, 3.63) is 76.3 Å². The summed E-state index contributed by atoms with van der Waals surface area (Å²) in [6, 6.07) is 11.8. The molecule has 1 aromatic heterocycles. The summed E-state index contributed by atoms with van der Waals surface area (Å²) >= 11 is 1.23. The molecular formula is C27H27F3N4O3S. The predicted octanol–water partition coefficient (Wildman–Crippen LogP) is 5.40. The fourth-order valence-corrected chi connectivity index (χ4v) is 5.00. The molecule has 38 heavy (non-hydrogen) atoms. The molecule has 11 heteroatoms. The third-order valence-electron chi connectivity index (χ3n) is 6.43. The van der Waals surface area contributed by atoms with Gasteiger partial charge in [-0.05, 0) is 48.6 Å². The Balaban J connectivity index is 1.27. The van der Waals surface area contributed by atoms with Crippen LogP contribution in [-0.2, 0) is 28.7 Å². The van der Waals surface area contributed by atoms with Crippen LogP contribution in [0.25, 0.3) is 0 Å². The number of likely N-dealkylation sites (tertiary alicyclic amines) is 1. The fourth-order valence-electron chi connectivity index (χ4n) is 4.29. The van der Waals surface area contributed by atoms with Crippen LogP contribution in [0.2, 0.25) is 0 Å². The van der Waals surface area contributed by atoms with Crippen LogP contribution in [0.15, 0.2) is 53.9 Å². The molecular weight excluding hydrogens is 517 g/mol. The number of thiazole rings is 1. The Kier molecular flexibility index (Phi) is 8.77. The van der Waals surface area contributed by atoms with Crippen LogP contribution in [0.4, 0.5) is 24.0 Å². The van der Waals surface area contributed by atoms with E-state index in [4.69, 9.17) is 0 Å². The van der Waals surface area contributed by atoms with Crippen LogP contribution in [0.3, 0.4) is 0 Å². The number of alkyl halides is 3. The van der Waals surface area contributed by atoms with Crippen LogP contribution in [0, 0.1) is 5.92 Å². The first kappa shape index (κ1) is 27.3. The minimum absolute atomic E-state index is 0.0118. The van der Waals surface area contributed by atoms with E-state index in [1.807, 2.05) is 0 Å². The molecule has 2 N–H and O–H groups in total. The zero-order valence-electron chi connectivity index (χ0n) is 20.5. The van der Waals surface area contributed by atoms with Gasteiger partial charge in [0.2, 0.25) is 5.91 Å². The number of piperidine rings is 1. The normalized spacial score (nSPS) is 14.2. The molecule has 200 valence electrons. The van der Waals surface area contributed by atoms with Gasteiger partial charge in [-0.1, -0.05) is 24.3 Å². The Hall–Kier alpha value is -3.73. The van der Waals surface area contributed by atoms with Crippen molar-refractivity contribution in [3.63, 3.8) is 0 Å². The van der Waals surface area contributed by atoms with E-state index in [0.29, 0.717) is 47.4 Å². The number of amides is 2. The Morgan fingerprint density at radius 1 is 1.08 bits per heavy atom. The molecule has 1 aliphatic rings. The molecule has 2 aromatic carbocycles. The maximum absolute atomic E-state index is 13.2. The standard InChI is InChI=1S/C27H27F3N4O3S/c28-27(29,30)22-3-1-2-4-23(22)31-16-19-5-7-20(8-6-19)25(37)33-26-32-21(17-38-26)15-24(36)34-12-9-18(10-13-34)11-14-35/h1-8,14,17-18,31H,9-13,15-16H2,(H,32,33,37). The predicted molar refractivity (Wildman–Crippen MR) is 139 cm³/mol. The van der Waals surface area contributed by atoms with E-state index < -0.39 is 11.7 Å². The SMILES string of the molecule is O=CCC1CCN(C(=O)Cc2csc(NC(=O)c3ccc(CNc4ccccc4C(F)(F)F)cc3)n2)CC1. The van der Waals surface area contributed by atoms with E-state index in [1.165, 1.54) is 29.5 Å². The number of benzene rings is 2. The van der Waals surface area contributed by atoms with Gasteiger partial charge in [0.05, 0.1) is 17.7 Å². The molecule has 2 heterocycles. The summed E-state index contributed by atoms with van der Waals surface area (Å²) in [5.74, 6) is -0.0646. The van der Waals surface area contributed by atoms with Crippen LogP contribution < -0.4 is 10.6 Å². The molecule has 1 saturated heterocycles. The molecule has 1 aliphatic heterocycles. The molecule has 0 bridgehead atoms. The molecule has 2 amide bonds. The third-order valence-corrected chi connectivity index (χ3v) is 7.24. The van der Waals surface area contributed by atoms with Crippen molar-refractivity contribution < 1.29 is 27.6 Å². The number of carbonyl (C=O) groups is 3. The molecule has 0 saturated carbocycles. The van der Waals surface area contributed by atoms with Gasteiger partial charge in [0.15, 0.2) is 5.13 Å². The number of nitrogens with zero attached hydrogens (tertiary/aromatic N) is 2. The lowest BCUT2D eigenvalue weighted by Crippen LogP contribution is -2.39. The average molecular weight is 545 g/mol. The zero-order chi connectivity index (χ0) is 27.1. The number of nitrogens with one attached hydrogen (secondary N) is 2. The summed E-state index contributed by atoms with van der Waals surface area (Å²) in [5.41, 5.74) is 0.909. The van der Waals surface area contributed by atoms with Crippen molar-refractivity contribution in [1.29, 1.82) is 0 Å². The van der Waals surface area contributed by atoms with E-state index in [1.54, 1.807) is 34.5 Å². The number of hydrogen-bond acceptors (Lipinski definition) is 6. The second kappa shape index (κ2) is 12.2. The first-order valence-electron chi connectivity index (χ1n) is 12.2. The van der Waals surface area contributed by atoms with Crippen molar-refractivity contribution in [3.8, 4) is 0 Å². The summed E-state index contributed by atoms with van der Waals surface area (Å²) in [7, 11) is 0. The Morgan fingerprint density at radius 3 is 2.47 bits per heavy atom. The number of halogens is 3. The van der Waals surface area contributed by atoms with Gasteiger partial charge in [-0.15, -0.1) is 11.3 Å². The smallest absolute Gasteiger partial charge is 0.380 e. The van der Waals surface area contributed by atoms with E-state index in [2.05, 4.69) is 15.6 Å². The maximum Gasteiger partial charge on any atom is 0.418 e. The van der Waals surface area contributed by atoms with E-state index in [0.717, 1.165) is 25.2 Å². The zero-order valence-corrected chi connectivity index (χ0v) is 21.3. The minimum Gasteiger partial charge on any atom is -0.380 e. The summed E-state index contributed by atoms with van der Waals surface area (Å²) in [5, 5.41) is 7.63. The molecule has 0 unspecified atom stereocenters. The molecule has 0 spiro atoms. The number of carbonyl (C=O) groups excluding carboxylic acids is 3. The van der Waals surface area contributed by atoms with Gasteiger partial charge < -0.3 is 15.0 Å². The van der Waals surface area contributed by atoms with E-state index >= 15 is 0 Å². The first-order valence-corrected chi connectivity index (χ1v) is 13.1. The van der Waals surface area contributed by atoms with Crippen LogP contribution >= 0.6 is 11.3 Å². The second-order valence-electron chi connectivity index (χ2n) is 9.10. The van der Waals surface area contributed by atoms with Crippen molar-refractivity contribution in [2.75, 3.05) is 23.7 Å². The molecule has 7 nitrogen and oxygen atoms in total. The Labute approximate surface area is 222 Å². The number of anilines is 2. The first-order chi connectivity index (χ1) is 18.2. The topological polar surface area (TPSA) is 91.4 Å². The van der Waals surface area contributed by atoms with Gasteiger partial charge in [0.25, 0.3) is 5.91 Å². The van der Waals surface area contributed by atoms with Crippen molar-refractivity contribution in [2.24, 2.45) is 5.92 Å². The highest BCUT2D eigenvalue weighted by Gasteiger charge is 2.33. The molecule has 0 aliphatic carbocycles. The van der Waals surface area contributed by atoms with Gasteiger partial charge in [0.1, 0.15) is 6.29 Å². The largest absolute Gasteiger partial charge is 0.418 e.